The first-order valence-corrected chi connectivity index (χ1v) is 7.83. The molecule has 0 bridgehead atoms. The molecule has 0 fully saturated rings. The number of nitro benzene ring substituents is 1. The number of carbonyl (C=O) groups is 2. The number of rotatable bonds is 13. The highest BCUT2D eigenvalue weighted by Crippen LogP contribution is 2.26. The van der Waals surface area contributed by atoms with Gasteiger partial charge in [0.05, 0.1) is 24.7 Å². The second kappa shape index (κ2) is 11.0. The first-order chi connectivity index (χ1) is 12.8. The van der Waals surface area contributed by atoms with Crippen molar-refractivity contribution >= 4 is 17.6 Å². The number of nitrogens with zero attached hydrogens (tertiary/aromatic N) is 1. The second-order valence-electron chi connectivity index (χ2n) is 5.33. The lowest BCUT2D eigenvalue weighted by atomic mass is 10.0. The summed E-state index contributed by atoms with van der Waals surface area (Å²) in [6.07, 6.45) is -1.90. The molecule has 0 spiro atoms. The van der Waals surface area contributed by atoms with Crippen LogP contribution in [0.4, 0.5) is 5.69 Å². The Balaban J connectivity index is 2.78. The molecule has 0 radical (unpaired) electrons. The van der Waals surface area contributed by atoms with Crippen molar-refractivity contribution < 1.29 is 39.3 Å². The molecule has 12 heteroatoms. The maximum Gasteiger partial charge on any atom is 0.348 e. The van der Waals surface area contributed by atoms with Crippen LogP contribution in [-0.2, 0) is 25.5 Å². The molecule has 1 rings (SSSR count). The minimum absolute atomic E-state index is 0.0740. The highest BCUT2D eigenvalue weighted by Gasteiger charge is 2.27. The zero-order valence-electron chi connectivity index (χ0n) is 14.2. The highest BCUT2D eigenvalue weighted by atomic mass is 16.6. The van der Waals surface area contributed by atoms with E-state index in [1.807, 2.05) is 0 Å². The standard InChI is InChI=1S/C15H21N3O9/c16-3-4-26-5-6-27-13(15(22)23)17-10(14(20)21)7-9-1-2-12(19)11(8-9)18(24)25/h1-2,8,10,13,17,19H,3-7,16H2,(H,20,21)(H,22,23)/t10-,13?/m0/s1. The quantitative estimate of drug-likeness (QED) is 0.124. The van der Waals surface area contributed by atoms with E-state index in [4.69, 9.17) is 20.3 Å². The number of phenolic OH excluding ortho intramolecular Hbond substituents is 1. The zero-order valence-corrected chi connectivity index (χ0v) is 14.2. The number of carboxylic acid groups (broad SMARTS) is 2. The minimum atomic E-state index is -1.63. The molecule has 27 heavy (non-hydrogen) atoms. The van der Waals surface area contributed by atoms with E-state index in [0.717, 1.165) is 12.1 Å². The van der Waals surface area contributed by atoms with Gasteiger partial charge in [-0.25, -0.2) is 4.79 Å². The SMILES string of the molecule is NCCOCCOC(N[C@@H](Cc1ccc(O)c([N+](=O)[O-])c1)C(=O)O)C(=O)O. The summed E-state index contributed by atoms with van der Waals surface area (Å²) in [5, 5.41) is 41.1. The third-order valence-corrected chi connectivity index (χ3v) is 3.33. The molecule has 150 valence electrons. The Labute approximate surface area is 153 Å². The van der Waals surface area contributed by atoms with Crippen molar-refractivity contribution in [3.63, 3.8) is 0 Å². The molecule has 12 nitrogen and oxygen atoms in total. The molecule has 0 amide bonds. The predicted octanol–water partition coefficient (Wildman–Crippen LogP) is -0.712. The van der Waals surface area contributed by atoms with Gasteiger partial charge in [-0.05, 0) is 18.1 Å². The maximum absolute atomic E-state index is 11.4. The first kappa shape index (κ1) is 22.2. The van der Waals surface area contributed by atoms with Gasteiger partial charge in [-0.1, -0.05) is 6.07 Å². The van der Waals surface area contributed by atoms with E-state index in [1.165, 1.54) is 6.07 Å². The van der Waals surface area contributed by atoms with E-state index in [1.54, 1.807) is 0 Å². The molecule has 0 aromatic heterocycles. The summed E-state index contributed by atoms with van der Waals surface area (Å²) in [7, 11) is 0. The van der Waals surface area contributed by atoms with Crippen LogP contribution < -0.4 is 11.1 Å². The number of phenols is 1. The summed E-state index contributed by atoms with van der Waals surface area (Å²) >= 11 is 0. The third kappa shape index (κ3) is 7.53. The summed E-state index contributed by atoms with van der Waals surface area (Å²) < 4.78 is 10.1. The van der Waals surface area contributed by atoms with Gasteiger partial charge in [0.2, 0.25) is 6.23 Å². The summed E-state index contributed by atoms with van der Waals surface area (Å²) in [5.41, 5.74) is 4.87. The summed E-state index contributed by atoms with van der Waals surface area (Å²) in [5.74, 6) is -3.37. The molecule has 0 saturated heterocycles. The zero-order chi connectivity index (χ0) is 20.4. The van der Waals surface area contributed by atoms with Gasteiger partial charge in [0.15, 0.2) is 5.75 Å². The van der Waals surface area contributed by atoms with Crippen LogP contribution in [0, 0.1) is 10.1 Å². The van der Waals surface area contributed by atoms with Gasteiger partial charge in [-0.3, -0.25) is 20.2 Å². The molecule has 0 aliphatic heterocycles. The van der Waals surface area contributed by atoms with Crippen LogP contribution in [0.15, 0.2) is 18.2 Å². The molecule has 1 aromatic rings. The normalized spacial score (nSPS) is 13.1. The minimum Gasteiger partial charge on any atom is -0.502 e. The monoisotopic (exact) mass is 387 g/mol. The van der Waals surface area contributed by atoms with Crippen molar-refractivity contribution in [1.29, 1.82) is 0 Å². The molecule has 6 N–H and O–H groups in total. The largest absolute Gasteiger partial charge is 0.502 e. The summed E-state index contributed by atoms with van der Waals surface area (Å²) in [6.45, 7) is 0.526. The molecule has 0 saturated carbocycles. The molecular weight excluding hydrogens is 366 g/mol. The highest BCUT2D eigenvalue weighted by molar-refractivity contribution is 5.77. The number of nitrogens with one attached hydrogen (secondary N) is 1. The van der Waals surface area contributed by atoms with Crippen molar-refractivity contribution in [3.05, 3.63) is 33.9 Å². The Kier molecular flexibility index (Phi) is 9.08. The summed E-state index contributed by atoms with van der Waals surface area (Å²) in [6, 6.07) is 1.98. The lowest BCUT2D eigenvalue weighted by Crippen LogP contribution is -2.49. The van der Waals surface area contributed by atoms with E-state index in [9.17, 15) is 29.9 Å². The van der Waals surface area contributed by atoms with Crippen molar-refractivity contribution in [3.8, 4) is 5.75 Å². The van der Waals surface area contributed by atoms with Crippen LogP contribution in [0.5, 0.6) is 5.75 Å². The molecule has 1 unspecified atom stereocenters. The number of nitrogens with two attached hydrogens (primary N) is 1. The van der Waals surface area contributed by atoms with Gasteiger partial charge in [-0.15, -0.1) is 0 Å². The second-order valence-corrected chi connectivity index (χ2v) is 5.33. The predicted molar refractivity (Wildman–Crippen MR) is 90.3 cm³/mol. The van der Waals surface area contributed by atoms with Crippen molar-refractivity contribution in [1.82, 2.24) is 5.32 Å². The van der Waals surface area contributed by atoms with Crippen LogP contribution in [-0.4, -0.2) is 70.8 Å². The van der Waals surface area contributed by atoms with Crippen LogP contribution in [0.3, 0.4) is 0 Å². The van der Waals surface area contributed by atoms with E-state index < -0.39 is 40.6 Å². The van der Waals surface area contributed by atoms with E-state index in [-0.39, 0.29) is 31.8 Å². The Morgan fingerprint density at radius 2 is 1.93 bits per heavy atom. The van der Waals surface area contributed by atoms with Gasteiger partial charge in [0, 0.05) is 12.6 Å². The average molecular weight is 387 g/mol. The Morgan fingerprint density at radius 3 is 2.48 bits per heavy atom. The first-order valence-electron chi connectivity index (χ1n) is 7.83. The Morgan fingerprint density at radius 1 is 1.22 bits per heavy atom. The number of ether oxygens (including phenoxy) is 2. The number of benzene rings is 1. The molecule has 2 atom stereocenters. The van der Waals surface area contributed by atoms with Crippen molar-refractivity contribution in [2.24, 2.45) is 5.73 Å². The number of nitro groups is 1. The van der Waals surface area contributed by atoms with Gasteiger partial charge in [0.25, 0.3) is 0 Å². The topological polar surface area (TPSA) is 194 Å². The van der Waals surface area contributed by atoms with Crippen LogP contribution in [0.25, 0.3) is 0 Å². The number of aromatic hydroxyl groups is 1. The number of aliphatic carboxylic acids is 2. The van der Waals surface area contributed by atoms with E-state index in [2.05, 4.69) is 5.32 Å². The average Bonchev–Trinajstić information content (AvgIpc) is 2.60. The van der Waals surface area contributed by atoms with E-state index >= 15 is 0 Å². The molecule has 0 aliphatic carbocycles. The van der Waals surface area contributed by atoms with Crippen LogP contribution >= 0.6 is 0 Å². The lowest BCUT2D eigenvalue weighted by molar-refractivity contribution is -0.385. The van der Waals surface area contributed by atoms with Crippen molar-refractivity contribution in [2.45, 2.75) is 18.7 Å². The summed E-state index contributed by atoms with van der Waals surface area (Å²) in [4.78, 5) is 32.7. The number of carboxylic acids is 2. The number of hydrogen-bond acceptors (Lipinski definition) is 9. The number of hydrogen-bond donors (Lipinski definition) is 5. The lowest BCUT2D eigenvalue weighted by Gasteiger charge is -2.20. The van der Waals surface area contributed by atoms with Gasteiger partial charge >= 0.3 is 17.6 Å². The smallest absolute Gasteiger partial charge is 0.348 e. The van der Waals surface area contributed by atoms with Crippen molar-refractivity contribution in [2.75, 3.05) is 26.4 Å². The van der Waals surface area contributed by atoms with Gasteiger partial charge in [-0.2, -0.15) is 0 Å². The molecular formula is C15H21N3O9. The van der Waals surface area contributed by atoms with Gasteiger partial charge < -0.3 is 30.5 Å². The fraction of sp³-hybridized carbons (Fsp3) is 0.467. The van der Waals surface area contributed by atoms with Crippen LogP contribution in [0.2, 0.25) is 0 Å². The molecule has 1 aromatic carbocycles. The van der Waals surface area contributed by atoms with Crippen LogP contribution in [0.1, 0.15) is 5.56 Å². The fourth-order valence-corrected chi connectivity index (χ4v) is 2.08. The van der Waals surface area contributed by atoms with E-state index in [0.29, 0.717) is 6.54 Å². The Bertz CT molecular complexity index is 668. The molecule has 0 heterocycles. The van der Waals surface area contributed by atoms with Gasteiger partial charge in [0.1, 0.15) is 6.04 Å². The molecule has 0 aliphatic rings. The Hall–Kier alpha value is -2.80. The fourth-order valence-electron chi connectivity index (χ4n) is 2.08. The third-order valence-electron chi connectivity index (χ3n) is 3.33. The maximum atomic E-state index is 11.4.